The molecule has 0 radical (unpaired) electrons. The molecule has 0 heterocycles. The summed E-state index contributed by atoms with van der Waals surface area (Å²) in [7, 11) is 2.17. The zero-order valence-electron chi connectivity index (χ0n) is 11.2. The molecule has 2 N–H and O–H groups in total. The number of hydrogen-bond donors (Lipinski definition) is 1. The molecule has 1 unspecified atom stereocenters. The monoisotopic (exact) mass is 232 g/mol. The first kappa shape index (κ1) is 12.4. The lowest BCUT2D eigenvalue weighted by Crippen LogP contribution is -2.50. The predicted octanol–water partition coefficient (Wildman–Crippen LogP) is 2.95. The Kier molecular flexibility index (Phi) is 3.43. The first-order chi connectivity index (χ1) is 8.05. The third kappa shape index (κ3) is 2.81. The second kappa shape index (κ2) is 4.69. The number of nitrogens with two attached hydrogens (primary N) is 1. The molecule has 2 rings (SSSR count). The Balaban J connectivity index is 2.17. The van der Waals surface area contributed by atoms with Crippen molar-refractivity contribution in [1.82, 2.24) is 0 Å². The fourth-order valence-corrected chi connectivity index (χ4v) is 2.45. The van der Waals surface area contributed by atoms with Crippen molar-refractivity contribution < 1.29 is 0 Å². The van der Waals surface area contributed by atoms with Gasteiger partial charge < -0.3 is 10.6 Å². The van der Waals surface area contributed by atoms with Crippen LogP contribution in [0.3, 0.4) is 0 Å². The smallest absolute Gasteiger partial charge is 0.0495 e. The molecule has 0 aromatic heterocycles. The quantitative estimate of drug-likeness (QED) is 0.845. The van der Waals surface area contributed by atoms with Gasteiger partial charge in [-0.3, -0.25) is 0 Å². The van der Waals surface area contributed by atoms with Gasteiger partial charge >= 0.3 is 0 Å². The van der Waals surface area contributed by atoms with E-state index in [9.17, 15) is 0 Å². The average molecular weight is 232 g/mol. The Labute approximate surface area is 105 Å². The zero-order valence-corrected chi connectivity index (χ0v) is 11.2. The first-order valence-corrected chi connectivity index (χ1v) is 6.56. The Bertz CT molecular complexity index is 384. The molecule has 1 aromatic carbocycles. The molecule has 1 aromatic rings. The van der Waals surface area contributed by atoms with E-state index in [1.165, 1.54) is 30.5 Å². The van der Waals surface area contributed by atoms with Gasteiger partial charge in [-0.05, 0) is 43.9 Å². The van der Waals surface area contributed by atoms with Crippen molar-refractivity contribution >= 4 is 5.69 Å². The van der Waals surface area contributed by atoms with Crippen molar-refractivity contribution in [2.75, 3.05) is 18.5 Å². The van der Waals surface area contributed by atoms with Gasteiger partial charge in [-0.25, -0.2) is 0 Å². The van der Waals surface area contributed by atoms with E-state index in [4.69, 9.17) is 5.73 Å². The molecule has 1 aliphatic carbocycles. The molecule has 2 heteroatoms. The molecular weight excluding hydrogens is 208 g/mol. The van der Waals surface area contributed by atoms with Gasteiger partial charge in [0, 0.05) is 24.8 Å². The normalized spacial score (nSPS) is 18.8. The Morgan fingerprint density at radius 3 is 2.65 bits per heavy atom. The molecule has 1 saturated carbocycles. The van der Waals surface area contributed by atoms with Crippen LogP contribution in [0.2, 0.25) is 0 Å². The third-order valence-corrected chi connectivity index (χ3v) is 4.06. The summed E-state index contributed by atoms with van der Waals surface area (Å²) < 4.78 is 0. The number of benzene rings is 1. The molecule has 0 amide bonds. The molecule has 94 valence electrons. The van der Waals surface area contributed by atoms with Gasteiger partial charge in [0.15, 0.2) is 0 Å². The van der Waals surface area contributed by atoms with E-state index in [2.05, 4.69) is 50.1 Å². The molecule has 2 nitrogen and oxygen atoms in total. The van der Waals surface area contributed by atoms with Gasteiger partial charge in [0.1, 0.15) is 0 Å². The van der Waals surface area contributed by atoms with Gasteiger partial charge in [-0.2, -0.15) is 0 Å². The molecule has 17 heavy (non-hydrogen) atoms. The number of aryl methyl sites for hydroxylation is 1. The molecule has 1 atom stereocenters. The van der Waals surface area contributed by atoms with E-state index in [-0.39, 0.29) is 5.54 Å². The second-order valence-electron chi connectivity index (χ2n) is 5.75. The van der Waals surface area contributed by atoms with Crippen molar-refractivity contribution in [3.05, 3.63) is 29.8 Å². The highest BCUT2D eigenvalue weighted by atomic mass is 15.2. The van der Waals surface area contributed by atoms with E-state index in [0.717, 1.165) is 5.92 Å². The lowest BCUT2D eigenvalue weighted by Gasteiger charge is -2.40. The molecule has 1 fully saturated rings. The van der Waals surface area contributed by atoms with Crippen LogP contribution < -0.4 is 10.6 Å². The Hall–Kier alpha value is -1.02. The number of hydrogen-bond acceptors (Lipinski definition) is 2. The van der Waals surface area contributed by atoms with Crippen LogP contribution in [0, 0.1) is 12.8 Å². The fraction of sp³-hybridized carbons (Fsp3) is 0.600. The van der Waals surface area contributed by atoms with Crippen LogP contribution in [0.15, 0.2) is 24.3 Å². The highest BCUT2D eigenvalue weighted by molar-refractivity contribution is 5.50. The maximum atomic E-state index is 6.02. The minimum Gasteiger partial charge on any atom is -0.368 e. The van der Waals surface area contributed by atoms with Gasteiger partial charge in [-0.15, -0.1) is 0 Å². The van der Waals surface area contributed by atoms with E-state index < -0.39 is 0 Å². The highest BCUT2D eigenvalue weighted by Gasteiger charge is 2.35. The third-order valence-electron chi connectivity index (χ3n) is 4.06. The van der Waals surface area contributed by atoms with Gasteiger partial charge in [0.25, 0.3) is 0 Å². The summed E-state index contributed by atoms with van der Waals surface area (Å²) in [6.45, 7) is 5.14. The maximum Gasteiger partial charge on any atom is 0.0495 e. The van der Waals surface area contributed by atoms with Crippen LogP contribution in [0.4, 0.5) is 5.69 Å². The van der Waals surface area contributed by atoms with Crippen molar-refractivity contribution in [3.63, 3.8) is 0 Å². The molecule has 0 aliphatic heterocycles. The van der Waals surface area contributed by atoms with Gasteiger partial charge in [0.2, 0.25) is 0 Å². The lowest BCUT2D eigenvalue weighted by atomic mass is 9.92. The summed E-state index contributed by atoms with van der Waals surface area (Å²) in [4.78, 5) is 2.36. The summed E-state index contributed by atoms with van der Waals surface area (Å²) in [6.07, 6.45) is 3.99. The van der Waals surface area contributed by atoms with Crippen LogP contribution in [0.1, 0.15) is 31.7 Å². The van der Waals surface area contributed by atoms with Crippen LogP contribution in [-0.2, 0) is 0 Å². The van der Waals surface area contributed by atoms with Crippen molar-refractivity contribution in [3.8, 4) is 0 Å². The minimum absolute atomic E-state index is 0.0922. The number of rotatable bonds is 5. The van der Waals surface area contributed by atoms with Crippen LogP contribution in [-0.4, -0.2) is 19.1 Å². The SMILES string of the molecule is Cc1cccc(N(C)C(C)(CN)CC2CC2)c1. The van der Waals surface area contributed by atoms with Crippen LogP contribution in [0.5, 0.6) is 0 Å². The van der Waals surface area contributed by atoms with Crippen LogP contribution >= 0.6 is 0 Å². The summed E-state index contributed by atoms with van der Waals surface area (Å²) in [5.74, 6) is 0.899. The van der Waals surface area contributed by atoms with Gasteiger partial charge in [0.05, 0.1) is 0 Å². The summed E-state index contributed by atoms with van der Waals surface area (Å²) in [5.41, 5.74) is 8.69. The van der Waals surface area contributed by atoms with Gasteiger partial charge in [-0.1, -0.05) is 25.0 Å². The lowest BCUT2D eigenvalue weighted by molar-refractivity contribution is 0.396. The maximum absolute atomic E-state index is 6.02. The van der Waals surface area contributed by atoms with Crippen LogP contribution in [0.25, 0.3) is 0 Å². The first-order valence-electron chi connectivity index (χ1n) is 6.56. The summed E-state index contributed by atoms with van der Waals surface area (Å²) in [6, 6.07) is 8.67. The molecular formula is C15H24N2. The van der Waals surface area contributed by atoms with Crippen molar-refractivity contribution in [1.29, 1.82) is 0 Å². The Morgan fingerprint density at radius 1 is 1.41 bits per heavy atom. The fourth-order valence-electron chi connectivity index (χ4n) is 2.45. The summed E-state index contributed by atoms with van der Waals surface area (Å²) >= 11 is 0. The minimum atomic E-state index is 0.0922. The van der Waals surface area contributed by atoms with Crippen molar-refractivity contribution in [2.24, 2.45) is 11.7 Å². The summed E-state index contributed by atoms with van der Waals surface area (Å²) in [5, 5.41) is 0. The van der Waals surface area contributed by atoms with E-state index in [1.54, 1.807) is 0 Å². The molecule has 0 spiro atoms. The molecule has 0 saturated heterocycles. The predicted molar refractivity (Wildman–Crippen MR) is 74.4 cm³/mol. The second-order valence-corrected chi connectivity index (χ2v) is 5.75. The van der Waals surface area contributed by atoms with E-state index in [0.29, 0.717) is 6.54 Å². The topological polar surface area (TPSA) is 29.3 Å². The van der Waals surface area contributed by atoms with Crippen molar-refractivity contribution in [2.45, 2.75) is 38.6 Å². The van der Waals surface area contributed by atoms with E-state index in [1.807, 2.05) is 0 Å². The molecule has 0 bridgehead atoms. The number of likely N-dealkylation sites (N-methyl/N-ethyl adjacent to an activating group) is 1. The van der Waals surface area contributed by atoms with E-state index >= 15 is 0 Å². The zero-order chi connectivity index (χ0) is 12.5. The standard InChI is InChI=1S/C15H24N2/c1-12-5-4-6-14(9-12)17(3)15(2,11-16)10-13-7-8-13/h4-6,9,13H,7-8,10-11,16H2,1-3H3. The molecule has 1 aliphatic rings. The number of nitrogens with zero attached hydrogens (tertiary/aromatic N) is 1. The largest absolute Gasteiger partial charge is 0.368 e. The Morgan fingerprint density at radius 2 is 2.12 bits per heavy atom. The average Bonchev–Trinajstić information content (AvgIpc) is 3.11. The highest BCUT2D eigenvalue weighted by Crippen LogP contribution is 2.39. The number of anilines is 1.